The number of aryl methyl sites for hydroxylation is 1. The van der Waals surface area contributed by atoms with E-state index in [2.05, 4.69) is 10.6 Å². The largest absolute Gasteiger partial charge is 0.353 e. The molecule has 1 aliphatic rings. The highest BCUT2D eigenvalue weighted by molar-refractivity contribution is 5.79. The lowest BCUT2D eigenvalue weighted by atomic mass is 10.0. The van der Waals surface area contributed by atoms with Crippen LogP contribution < -0.4 is 10.6 Å². The monoisotopic (exact) mass is 316 g/mol. The number of benzene rings is 1. The molecule has 0 saturated heterocycles. The number of hydrogen-bond donors (Lipinski definition) is 2. The van der Waals surface area contributed by atoms with Crippen LogP contribution in [0.4, 0.5) is 0 Å². The lowest BCUT2D eigenvalue weighted by Crippen LogP contribution is -2.37. The number of hydrogen-bond acceptors (Lipinski definition) is 2. The molecule has 4 heteroatoms. The maximum Gasteiger partial charge on any atom is 0.222 e. The Kier molecular flexibility index (Phi) is 6.63. The van der Waals surface area contributed by atoms with E-state index in [1.54, 1.807) is 0 Å². The van der Waals surface area contributed by atoms with Crippen molar-refractivity contribution < 1.29 is 9.59 Å². The predicted octanol–water partition coefficient (Wildman–Crippen LogP) is 3.40. The Bertz CT molecular complexity index is 517. The smallest absolute Gasteiger partial charge is 0.222 e. The van der Waals surface area contributed by atoms with Crippen molar-refractivity contribution in [1.82, 2.24) is 10.6 Å². The second-order valence-corrected chi connectivity index (χ2v) is 6.62. The fraction of sp³-hybridized carbons (Fsp3) is 0.579. The highest BCUT2D eigenvalue weighted by atomic mass is 16.2. The Balaban J connectivity index is 1.97. The van der Waals surface area contributed by atoms with Crippen molar-refractivity contribution in [1.29, 1.82) is 0 Å². The van der Waals surface area contributed by atoms with E-state index in [0.29, 0.717) is 12.5 Å². The van der Waals surface area contributed by atoms with Crippen LogP contribution in [-0.4, -0.2) is 17.9 Å². The average molecular weight is 316 g/mol. The summed E-state index contributed by atoms with van der Waals surface area (Å²) in [5.74, 6) is -0.0888. The van der Waals surface area contributed by atoms with Gasteiger partial charge in [0.1, 0.15) is 0 Å². The fourth-order valence-corrected chi connectivity index (χ4v) is 3.19. The van der Waals surface area contributed by atoms with Crippen molar-refractivity contribution in [3.8, 4) is 0 Å². The van der Waals surface area contributed by atoms with Gasteiger partial charge in [-0.15, -0.1) is 0 Å². The molecule has 4 nitrogen and oxygen atoms in total. The SMILES string of the molecule is CC(=O)N[C@@H](CC(=O)NC1CCCCCC1)c1ccc(C)cc1. The van der Waals surface area contributed by atoms with Crippen molar-refractivity contribution in [2.75, 3.05) is 0 Å². The van der Waals surface area contributed by atoms with E-state index in [0.717, 1.165) is 18.4 Å². The second kappa shape index (κ2) is 8.70. The Hall–Kier alpha value is -1.84. The second-order valence-electron chi connectivity index (χ2n) is 6.62. The summed E-state index contributed by atoms with van der Waals surface area (Å²) < 4.78 is 0. The molecule has 0 unspecified atom stereocenters. The summed E-state index contributed by atoms with van der Waals surface area (Å²) in [5, 5.41) is 6.05. The highest BCUT2D eigenvalue weighted by Crippen LogP contribution is 2.20. The summed E-state index contributed by atoms with van der Waals surface area (Å²) in [7, 11) is 0. The molecule has 1 aliphatic carbocycles. The van der Waals surface area contributed by atoms with E-state index in [9.17, 15) is 9.59 Å². The van der Waals surface area contributed by atoms with Crippen molar-refractivity contribution in [3.05, 3.63) is 35.4 Å². The van der Waals surface area contributed by atoms with E-state index < -0.39 is 0 Å². The Morgan fingerprint density at radius 3 is 2.26 bits per heavy atom. The first-order chi connectivity index (χ1) is 11.0. The van der Waals surface area contributed by atoms with E-state index >= 15 is 0 Å². The zero-order valence-corrected chi connectivity index (χ0v) is 14.2. The van der Waals surface area contributed by atoms with Crippen LogP contribution in [0, 0.1) is 6.92 Å². The first-order valence-corrected chi connectivity index (χ1v) is 8.67. The Morgan fingerprint density at radius 2 is 1.70 bits per heavy atom. The molecule has 1 atom stereocenters. The molecule has 0 radical (unpaired) electrons. The van der Waals surface area contributed by atoms with Gasteiger partial charge in [-0.25, -0.2) is 0 Å². The first-order valence-electron chi connectivity index (χ1n) is 8.67. The van der Waals surface area contributed by atoms with Crippen LogP contribution >= 0.6 is 0 Å². The van der Waals surface area contributed by atoms with Crippen molar-refractivity contribution in [2.24, 2.45) is 0 Å². The molecule has 2 N–H and O–H groups in total. The van der Waals surface area contributed by atoms with Gasteiger partial charge in [0.15, 0.2) is 0 Å². The lowest BCUT2D eigenvalue weighted by molar-refractivity contribution is -0.123. The number of amides is 2. The van der Waals surface area contributed by atoms with Gasteiger partial charge in [-0.2, -0.15) is 0 Å². The fourth-order valence-electron chi connectivity index (χ4n) is 3.19. The molecule has 0 aliphatic heterocycles. The summed E-state index contributed by atoms with van der Waals surface area (Å²) in [6.45, 7) is 3.51. The third-order valence-corrected chi connectivity index (χ3v) is 4.47. The topological polar surface area (TPSA) is 58.2 Å². The minimum Gasteiger partial charge on any atom is -0.353 e. The van der Waals surface area contributed by atoms with Crippen molar-refractivity contribution in [2.45, 2.75) is 70.9 Å². The van der Waals surface area contributed by atoms with Crippen LogP contribution in [0.2, 0.25) is 0 Å². The van der Waals surface area contributed by atoms with Crippen molar-refractivity contribution >= 4 is 11.8 Å². The lowest BCUT2D eigenvalue weighted by Gasteiger charge is -2.21. The predicted molar refractivity (Wildman–Crippen MR) is 92.0 cm³/mol. The van der Waals surface area contributed by atoms with Gasteiger partial charge in [0.2, 0.25) is 11.8 Å². The van der Waals surface area contributed by atoms with Gasteiger partial charge in [0.25, 0.3) is 0 Å². The highest BCUT2D eigenvalue weighted by Gasteiger charge is 2.20. The molecule has 0 aromatic heterocycles. The molecule has 1 saturated carbocycles. The van der Waals surface area contributed by atoms with Gasteiger partial charge in [-0.1, -0.05) is 55.5 Å². The van der Waals surface area contributed by atoms with E-state index in [1.807, 2.05) is 31.2 Å². The Labute approximate surface area is 139 Å². The molecular weight excluding hydrogens is 288 g/mol. The van der Waals surface area contributed by atoms with Gasteiger partial charge in [-0.05, 0) is 25.3 Å². The van der Waals surface area contributed by atoms with E-state index in [-0.39, 0.29) is 17.9 Å². The van der Waals surface area contributed by atoms with Crippen LogP contribution in [-0.2, 0) is 9.59 Å². The maximum atomic E-state index is 12.4. The minimum absolute atomic E-state index is 0.0243. The maximum absolute atomic E-state index is 12.4. The van der Waals surface area contributed by atoms with Gasteiger partial charge < -0.3 is 10.6 Å². The first kappa shape index (κ1) is 17.5. The molecule has 2 amide bonds. The van der Waals surface area contributed by atoms with Crippen molar-refractivity contribution in [3.63, 3.8) is 0 Å². The van der Waals surface area contributed by atoms with Gasteiger partial charge in [-0.3, -0.25) is 9.59 Å². The third-order valence-electron chi connectivity index (χ3n) is 4.47. The molecule has 126 valence electrons. The standard InChI is InChI=1S/C19H28N2O2/c1-14-9-11-16(12-10-14)18(20-15(2)22)13-19(23)21-17-7-5-3-4-6-8-17/h9-12,17-18H,3-8,13H2,1-2H3,(H,20,22)(H,21,23)/t18-/m0/s1. The van der Waals surface area contributed by atoms with E-state index in [4.69, 9.17) is 0 Å². The number of carbonyl (C=O) groups excluding carboxylic acids is 2. The minimum atomic E-state index is -0.265. The Morgan fingerprint density at radius 1 is 1.09 bits per heavy atom. The van der Waals surface area contributed by atoms with Crippen LogP contribution in [0.25, 0.3) is 0 Å². The van der Waals surface area contributed by atoms with E-state index in [1.165, 1.54) is 38.2 Å². The third kappa shape index (κ3) is 6.05. The van der Waals surface area contributed by atoms with Gasteiger partial charge >= 0.3 is 0 Å². The quantitative estimate of drug-likeness (QED) is 0.818. The summed E-state index contributed by atoms with van der Waals surface area (Å²) in [6.07, 6.45) is 7.35. The molecule has 1 aromatic carbocycles. The number of rotatable bonds is 5. The molecule has 23 heavy (non-hydrogen) atoms. The van der Waals surface area contributed by atoms with Crippen LogP contribution in [0.15, 0.2) is 24.3 Å². The molecular formula is C19H28N2O2. The molecule has 2 rings (SSSR count). The van der Waals surface area contributed by atoms with Crippen LogP contribution in [0.3, 0.4) is 0 Å². The average Bonchev–Trinajstić information content (AvgIpc) is 2.75. The van der Waals surface area contributed by atoms with Crippen LogP contribution in [0.5, 0.6) is 0 Å². The number of nitrogens with one attached hydrogen (secondary N) is 2. The molecule has 0 spiro atoms. The summed E-state index contributed by atoms with van der Waals surface area (Å²) in [5.41, 5.74) is 2.14. The summed E-state index contributed by atoms with van der Waals surface area (Å²) in [6, 6.07) is 8.00. The summed E-state index contributed by atoms with van der Waals surface area (Å²) in [4.78, 5) is 23.9. The van der Waals surface area contributed by atoms with Crippen LogP contribution in [0.1, 0.15) is 69.0 Å². The molecule has 0 bridgehead atoms. The molecule has 0 heterocycles. The normalized spacial score (nSPS) is 17.1. The summed E-state index contributed by atoms with van der Waals surface area (Å²) >= 11 is 0. The van der Waals surface area contributed by atoms with Gasteiger partial charge in [0.05, 0.1) is 12.5 Å². The van der Waals surface area contributed by atoms with Gasteiger partial charge in [0, 0.05) is 13.0 Å². The zero-order chi connectivity index (χ0) is 16.7. The number of carbonyl (C=O) groups is 2. The molecule has 1 aromatic rings. The zero-order valence-electron chi connectivity index (χ0n) is 14.2. The molecule has 1 fully saturated rings.